The van der Waals surface area contributed by atoms with Gasteiger partial charge in [-0.15, -0.1) is 11.8 Å². The van der Waals surface area contributed by atoms with E-state index in [1.807, 2.05) is 0 Å². The molecule has 0 aliphatic carbocycles. The molecule has 1 atom stereocenters. The number of halogens is 1. The molecule has 7 heteroatoms. The third-order valence-corrected chi connectivity index (χ3v) is 5.95. The van der Waals surface area contributed by atoms with Crippen molar-refractivity contribution in [1.82, 2.24) is 5.32 Å². The van der Waals surface area contributed by atoms with Crippen LogP contribution in [0.1, 0.15) is 6.42 Å². The average molecular weight is 317 g/mol. The van der Waals surface area contributed by atoms with Crippen LogP contribution in [0.4, 0.5) is 4.39 Å². The maximum absolute atomic E-state index is 12.7. The standard InChI is InChI=1S/C13H16FNO3S2/c14-11-1-3-12(4-2-11)19-8-13(16)15-7-10-5-6-20(17,18)9-10/h1-4,10H,5-9H2,(H,15,16)/t10-/m1/s1. The van der Waals surface area contributed by atoms with Gasteiger partial charge in [0.25, 0.3) is 0 Å². The number of carbonyl (C=O) groups excluding carboxylic acids is 1. The van der Waals surface area contributed by atoms with Gasteiger partial charge in [0, 0.05) is 11.4 Å². The highest BCUT2D eigenvalue weighted by Crippen LogP contribution is 2.19. The van der Waals surface area contributed by atoms with Crippen LogP contribution in [0.15, 0.2) is 29.2 Å². The summed E-state index contributed by atoms with van der Waals surface area (Å²) in [7, 11) is -2.89. The summed E-state index contributed by atoms with van der Waals surface area (Å²) in [6, 6.07) is 5.95. The van der Waals surface area contributed by atoms with Crippen molar-refractivity contribution in [3.8, 4) is 0 Å². The van der Waals surface area contributed by atoms with Crippen molar-refractivity contribution >= 4 is 27.5 Å². The van der Waals surface area contributed by atoms with Gasteiger partial charge >= 0.3 is 0 Å². The summed E-state index contributed by atoms with van der Waals surface area (Å²) in [5.41, 5.74) is 0. The number of amides is 1. The number of hydrogen-bond acceptors (Lipinski definition) is 4. The lowest BCUT2D eigenvalue weighted by atomic mass is 10.1. The van der Waals surface area contributed by atoms with E-state index in [2.05, 4.69) is 5.32 Å². The van der Waals surface area contributed by atoms with Crippen molar-refractivity contribution in [3.63, 3.8) is 0 Å². The molecule has 1 aromatic rings. The summed E-state index contributed by atoms with van der Waals surface area (Å²) in [5.74, 6) is 0.214. The molecule has 1 aromatic carbocycles. The Hall–Kier alpha value is -1.08. The lowest BCUT2D eigenvalue weighted by molar-refractivity contribution is -0.118. The number of benzene rings is 1. The second-order valence-electron chi connectivity index (χ2n) is 4.82. The molecule has 0 spiro atoms. The lowest BCUT2D eigenvalue weighted by Gasteiger charge is -2.09. The van der Waals surface area contributed by atoms with Crippen molar-refractivity contribution < 1.29 is 17.6 Å². The minimum absolute atomic E-state index is 0.0276. The molecule has 20 heavy (non-hydrogen) atoms. The molecule has 1 N–H and O–H groups in total. The molecule has 4 nitrogen and oxygen atoms in total. The summed E-state index contributed by atoms with van der Waals surface area (Å²) >= 11 is 1.32. The number of carbonyl (C=O) groups is 1. The Morgan fingerprint density at radius 2 is 2.05 bits per heavy atom. The van der Waals surface area contributed by atoms with Gasteiger partial charge in [-0.3, -0.25) is 4.79 Å². The minimum Gasteiger partial charge on any atom is -0.355 e. The Labute approximate surface area is 122 Å². The van der Waals surface area contributed by atoms with Crippen molar-refractivity contribution in [2.45, 2.75) is 11.3 Å². The summed E-state index contributed by atoms with van der Waals surface area (Å²) in [5, 5.41) is 2.75. The monoisotopic (exact) mass is 317 g/mol. The van der Waals surface area contributed by atoms with E-state index in [4.69, 9.17) is 0 Å². The fourth-order valence-corrected chi connectivity index (χ4v) is 4.61. The van der Waals surface area contributed by atoms with Gasteiger partial charge in [0.15, 0.2) is 9.84 Å². The number of nitrogens with one attached hydrogen (secondary N) is 1. The largest absolute Gasteiger partial charge is 0.355 e. The zero-order valence-corrected chi connectivity index (χ0v) is 12.5. The third-order valence-electron chi connectivity index (χ3n) is 3.10. The molecule has 0 bridgehead atoms. The van der Waals surface area contributed by atoms with E-state index < -0.39 is 9.84 Å². The Morgan fingerprint density at radius 1 is 1.35 bits per heavy atom. The predicted molar refractivity (Wildman–Crippen MR) is 76.9 cm³/mol. The van der Waals surface area contributed by atoms with Crippen LogP contribution in [0.5, 0.6) is 0 Å². The first-order chi connectivity index (χ1) is 9.44. The van der Waals surface area contributed by atoms with Gasteiger partial charge in [-0.1, -0.05) is 0 Å². The highest BCUT2D eigenvalue weighted by molar-refractivity contribution is 8.00. The molecule has 110 valence electrons. The minimum atomic E-state index is -2.89. The van der Waals surface area contributed by atoms with E-state index in [1.165, 1.54) is 23.9 Å². The van der Waals surface area contributed by atoms with Crippen LogP contribution in [-0.4, -0.2) is 38.1 Å². The van der Waals surface area contributed by atoms with E-state index in [1.54, 1.807) is 12.1 Å². The molecular formula is C13H16FNO3S2. The maximum Gasteiger partial charge on any atom is 0.230 e. The summed E-state index contributed by atoms with van der Waals surface area (Å²) in [6.07, 6.45) is 0.619. The summed E-state index contributed by atoms with van der Waals surface area (Å²) in [4.78, 5) is 12.5. The van der Waals surface area contributed by atoms with E-state index in [-0.39, 0.29) is 34.9 Å². The van der Waals surface area contributed by atoms with Gasteiger partial charge in [0.1, 0.15) is 5.82 Å². The predicted octanol–water partition coefficient (Wildman–Crippen LogP) is 1.47. The molecule has 0 saturated carbocycles. The molecule has 1 heterocycles. The smallest absolute Gasteiger partial charge is 0.230 e. The van der Waals surface area contributed by atoms with Crippen LogP contribution < -0.4 is 5.32 Å². The fourth-order valence-electron chi connectivity index (χ4n) is 2.02. The third kappa shape index (κ3) is 4.79. The summed E-state index contributed by atoms with van der Waals surface area (Å²) in [6.45, 7) is 0.405. The Balaban J connectivity index is 1.69. The SMILES string of the molecule is O=C(CSc1ccc(F)cc1)NC[C@H]1CCS(=O)(=O)C1. The van der Waals surface area contributed by atoms with Crippen molar-refractivity contribution in [2.24, 2.45) is 5.92 Å². The van der Waals surface area contributed by atoms with Crippen LogP contribution >= 0.6 is 11.8 Å². The highest BCUT2D eigenvalue weighted by atomic mass is 32.2. The molecule has 1 aliphatic heterocycles. The topological polar surface area (TPSA) is 63.2 Å². The Morgan fingerprint density at radius 3 is 2.65 bits per heavy atom. The fraction of sp³-hybridized carbons (Fsp3) is 0.462. The average Bonchev–Trinajstić information content (AvgIpc) is 2.75. The maximum atomic E-state index is 12.7. The van der Waals surface area contributed by atoms with E-state index in [9.17, 15) is 17.6 Å². The Bertz CT molecular complexity index is 572. The number of sulfone groups is 1. The van der Waals surface area contributed by atoms with Crippen LogP contribution in [0.2, 0.25) is 0 Å². The quantitative estimate of drug-likeness (QED) is 0.835. The van der Waals surface area contributed by atoms with Crippen molar-refractivity contribution in [1.29, 1.82) is 0 Å². The van der Waals surface area contributed by atoms with E-state index in [0.717, 1.165) is 4.90 Å². The van der Waals surface area contributed by atoms with Gasteiger partial charge in [0.2, 0.25) is 5.91 Å². The Kier molecular flexibility index (Phi) is 5.04. The molecular weight excluding hydrogens is 301 g/mol. The van der Waals surface area contributed by atoms with Gasteiger partial charge in [-0.25, -0.2) is 12.8 Å². The normalized spacial score (nSPS) is 20.8. The first kappa shape index (κ1) is 15.3. The van der Waals surface area contributed by atoms with Crippen molar-refractivity contribution in [3.05, 3.63) is 30.1 Å². The molecule has 1 fully saturated rings. The van der Waals surface area contributed by atoms with Crippen LogP contribution in [0.25, 0.3) is 0 Å². The molecule has 2 rings (SSSR count). The van der Waals surface area contributed by atoms with E-state index in [0.29, 0.717) is 13.0 Å². The van der Waals surface area contributed by atoms with Crippen LogP contribution in [-0.2, 0) is 14.6 Å². The van der Waals surface area contributed by atoms with Gasteiger partial charge in [-0.2, -0.15) is 0 Å². The zero-order valence-electron chi connectivity index (χ0n) is 10.8. The number of thioether (sulfide) groups is 1. The van der Waals surface area contributed by atoms with Crippen LogP contribution in [0.3, 0.4) is 0 Å². The van der Waals surface area contributed by atoms with Crippen molar-refractivity contribution in [2.75, 3.05) is 23.8 Å². The van der Waals surface area contributed by atoms with Gasteiger partial charge in [-0.05, 0) is 36.6 Å². The number of rotatable bonds is 5. The first-order valence-corrected chi connectivity index (χ1v) is 9.11. The zero-order chi connectivity index (χ0) is 14.6. The molecule has 1 aliphatic rings. The molecule has 0 radical (unpaired) electrons. The second-order valence-corrected chi connectivity index (χ2v) is 8.09. The number of hydrogen-bond donors (Lipinski definition) is 1. The van der Waals surface area contributed by atoms with Gasteiger partial charge < -0.3 is 5.32 Å². The highest BCUT2D eigenvalue weighted by Gasteiger charge is 2.27. The molecule has 1 saturated heterocycles. The molecule has 1 amide bonds. The summed E-state index contributed by atoms with van der Waals surface area (Å²) < 4.78 is 35.3. The molecule has 0 unspecified atom stereocenters. The van der Waals surface area contributed by atoms with Crippen LogP contribution in [0, 0.1) is 11.7 Å². The lowest BCUT2D eigenvalue weighted by Crippen LogP contribution is -2.31. The van der Waals surface area contributed by atoms with Gasteiger partial charge in [0.05, 0.1) is 17.3 Å². The molecule has 0 aromatic heterocycles. The van der Waals surface area contributed by atoms with E-state index >= 15 is 0 Å². The first-order valence-electron chi connectivity index (χ1n) is 6.30. The second kappa shape index (κ2) is 6.58.